The van der Waals surface area contributed by atoms with Crippen molar-refractivity contribution >= 4 is 44.0 Å². The Kier molecular flexibility index (Phi) is 8.56. The van der Waals surface area contributed by atoms with Crippen molar-refractivity contribution in [1.82, 2.24) is 4.57 Å². The van der Waals surface area contributed by atoms with E-state index in [9.17, 15) is 0 Å². The molecular weight excluding hydrogens is 725 g/mol. The summed E-state index contributed by atoms with van der Waals surface area (Å²) in [7, 11) is 0. The highest BCUT2D eigenvalue weighted by Gasteiger charge is 2.52. The summed E-state index contributed by atoms with van der Waals surface area (Å²) in [5.41, 5.74) is 18.1. The van der Waals surface area contributed by atoms with Crippen LogP contribution in [0.5, 0.6) is 0 Å². The molecule has 1 heterocycles. The van der Waals surface area contributed by atoms with Crippen molar-refractivity contribution < 1.29 is 0 Å². The van der Waals surface area contributed by atoms with E-state index in [1.165, 1.54) is 101 Å². The van der Waals surface area contributed by atoms with E-state index < -0.39 is 5.41 Å². The van der Waals surface area contributed by atoms with Crippen LogP contribution in [0, 0.1) is 0 Å². The number of fused-ring (bicyclic) bond motifs is 15. The Morgan fingerprint density at radius 3 is 1.80 bits per heavy atom. The van der Waals surface area contributed by atoms with Gasteiger partial charge in [0.1, 0.15) is 0 Å². The van der Waals surface area contributed by atoms with Crippen LogP contribution in [0.2, 0.25) is 0 Å². The Labute approximate surface area is 352 Å². The predicted molar refractivity (Wildman–Crippen MR) is 255 cm³/mol. The Bertz CT molecular complexity index is 3130. The summed E-state index contributed by atoms with van der Waals surface area (Å²) in [5.74, 6) is 0. The second kappa shape index (κ2) is 14.3. The van der Waals surface area contributed by atoms with Crippen LogP contribution in [0.25, 0.3) is 60.5 Å². The van der Waals surface area contributed by atoms with E-state index in [0.29, 0.717) is 0 Å². The maximum atomic E-state index is 4.34. The minimum absolute atomic E-state index is 0.567. The van der Waals surface area contributed by atoms with Crippen molar-refractivity contribution in [2.24, 2.45) is 0 Å². The van der Waals surface area contributed by atoms with Crippen molar-refractivity contribution in [3.63, 3.8) is 0 Å². The highest BCUT2D eigenvalue weighted by atomic mass is 15.1. The van der Waals surface area contributed by atoms with Gasteiger partial charge in [-0.2, -0.15) is 0 Å². The average Bonchev–Trinajstić information content (AvgIpc) is 3.91. The molecule has 0 aliphatic heterocycles. The normalized spacial score (nSPS) is 13.6. The number of unbranched alkanes of at least 4 members (excludes halogenated alkanes) is 1. The number of para-hydroxylation sites is 2. The van der Waals surface area contributed by atoms with Crippen LogP contribution in [0.1, 0.15) is 54.5 Å². The molecule has 2 aliphatic carbocycles. The molecule has 0 unspecified atom stereocenters. The second-order valence-electron chi connectivity index (χ2n) is 16.2. The summed E-state index contributed by atoms with van der Waals surface area (Å²) in [6, 6.07) is 63.9. The molecule has 60 heavy (non-hydrogen) atoms. The van der Waals surface area contributed by atoms with Crippen LogP contribution in [0.15, 0.2) is 206 Å². The number of aryl methyl sites for hydroxylation is 1. The molecule has 1 spiro atoms. The fraction of sp³-hybridized carbons (Fsp3) is 0.103. The van der Waals surface area contributed by atoms with Crippen LogP contribution in [0.4, 0.5) is 11.4 Å². The minimum atomic E-state index is -0.567. The molecule has 0 saturated heterocycles. The van der Waals surface area contributed by atoms with Crippen molar-refractivity contribution in [1.29, 1.82) is 0 Å². The lowest BCUT2D eigenvalue weighted by Crippen LogP contribution is -2.26. The first-order valence-electron chi connectivity index (χ1n) is 21.4. The highest BCUT2D eigenvalue weighted by Crippen LogP contribution is 2.65. The Morgan fingerprint density at radius 2 is 1.17 bits per heavy atom. The van der Waals surface area contributed by atoms with E-state index in [4.69, 9.17) is 0 Å². The quantitative estimate of drug-likeness (QED) is 0.133. The molecule has 0 radical (unpaired) electrons. The summed E-state index contributed by atoms with van der Waals surface area (Å²) in [4.78, 5) is 2.38. The maximum Gasteiger partial charge on any atom is 0.0727 e. The number of benzene rings is 8. The van der Waals surface area contributed by atoms with E-state index >= 15 is 0 Å². The van der Waals surface area contributed by atoms with Gasteiger partial charge in [0, 0.05) is 33.2 Å². The molecule has 0 atom stereocenters. The molecule has 0 amide bonds. The minimum Gasteiger partial charge on any atom is -0.311 e. The fourth-order valence-electron chi connectivity index (χ4n) is 10.5. The van der Waals surface area contributed by atoms with Gasteiger partial charge < -0.3 is 9.47 Å². The largest absolute Gasteiger partial charge is 0.311 e. The molecule has 0 bridgehead atoms. The molecular formula is C58H46N2. The summed E-state index contributed by atoms with van der Waals surface area (Å²) in [6.45, 7) is 8.66. The monoisotopic (exact) mass is 770 g/mol. The average molecular weight is 771 g/mol. The van der Waals surface area contributed by atoms with Gasteiger partial charge in [0.25, 0.3) is 0 Å². The Hall–Kier alpha value is -7.16. The molecule has 2 aliphatic rings. The molecule has 0 saturated carbocycles. The molecule has 2 nitrogen and oxygen atoms in total. The topological polar surface area (TPSA) is 8.17 Å². The third kappa shape index (κ3) is 5.13. The van der Waals surface area contributed by atoms with Gasteiger partial charge in [0.2, 0.25) is 0 Å². The number of allylic oxidation sites excluding steroid dienone is 4. The van der Waals surface area contributed by atoms with Crippen LogP contribution in [-0.4, -0.2) is 4.57 Å². The molecule has 2 heteroatoms. The summed E-state index contributed by atoms with van der Waals surface area (Å²) in [6.07, 6.45) is 11.8. The fourth-order valence-corrected chi connectivity index (χ4v) is 10.5. The molecule has 0 N–H and O–H groups in total. The van der Waals surface area contributed by atoms with E-state index in [1.807, 2.05) is 6.08 Å². The van der Waals surface area contributed by atoms with E-state index in [2.05, 4.69) is 218 Å². The van der Waals surface area contributed by atoms with Gasteiger partial charge in [0.15, 0.2) is 0 Å². The third-order valence-electron chi connectivity index (χ3n) is 13.1. The molecule has 9 aromatic rings. The smallest absolute Gasteiger partial charge is 0.0727 e. The standard InChI is InChI=1S/C58H46N2/c1-4-7-19-39-31-33-41(34-32-39)59(40(6-3)20-8-5-2)42-35-36-49-52(37-42)58(50-27-15-11-21-43(50)44-22-12-16-28-51(44)58)53-38-56(47-25-9-10-26-48(47)57(49)53)60-54-29-17-13-23-45(54)46-24-14-18-30-55(46)60/h5-6,8-18,20-38H,3-4,7,19H2,1-2H3/b8-5-,40-20+. The molecule has 11 rings (SSSR count). The van der Waals surface area contributed by atoms with E-state index in [-0.39, 0.29) is 0 Å². The number of nitrogens with zero attached hydrogens (tertiary/aromatic N) is 2. The first-order chi connectivity index (χ1) is 29.7. The van der Waals surface area contributed by atoms with Crippen LogP contribution in [-0.2, 0) is 11.8 Å². The van der Waals surface area contributed by atoms with Gasteiger partial charge in [-0.1, -0.05) is 159 Å². The molecule has 8 aromatic carbocycles. The lowest BCUT2D eigenvalue weighted by molar-refractivity contribution is 0.793. The molecule has 288 valence electrons. The zero-order chi connectivity index (χ0) is 40.4. The van der Waals surface area contributed by atoms with Gasteiger partial charge in [-0.15, -0.1) is 0 Å². The number of hydrogen-bond donors (Lipinski definition) is 0. The van der Waals surface area contributed by atoms with Gasteiger partial charge in [0.05, 0.1) is 22.1 Å². The van der Waals surface area contributed by atoms with E-state index in [1.54, 1.807) is 0 Å². The first kappa shape index (κ1) is 36.0. The molecule has 0 fully saturated rings. The highest BCUT2D eigenvalue weighted by molar-refractivity contribution is 6.14. The van der Waals surface area contributed by atoms with Crippen LogP contribution < -0.4 is 4.90 Å². The zero-order valence-electron chi connectivity index (χ0n) is 34.2. The number of rotatable bonds is 9. The van der Waals surface area contributed by atoms with Gasteiger partial charge in [-0.3, -0.25) is 0 Å². The van der Waals surface area contributed by atoms with Gasteiger partial charge >= 0.3 is 0 Å². The zero-order valence-corrected chi connectivity index (χ0v) is 34.2. The number of hydrogen-bond acceptors (Lipinski definition) is 1. The lowest BCUT2D eigenvalue weighted by Gasteiger charge is -2.33. The predicted octanol–water partition coefficient (Wildman–Crippen LogP) is 15.4. The van der Waals surface area contributed by atoms with Gasteiger partial charge in [-0.25, -0.2) is 0 Å². The van der Waals surface area contributed by atoms with Gasteiger partial charge in [-0.05, 0) is 130 Å². The van der Waals surface area contributed by atoms with Crippen molar-refractivity contribution in [2.45, 2.75) is 38.5 Å². The first-order valence-corrected chi connectivity index (χ1v) is 21.4. The Balaban J connectivity index is 1.25. The lowest BCUT2D eigenvalue weighted by atomic mass is 9.70. The van der Waals surface area contributed by atoms with Crippen LogP contribution in [0.3, 0.4) is 0 Å². The number of aromatic nitrogens is 1. The van der Waals surface area contributed by atoms with Crippen molar-refractivity contribution in [3.8, 4) is 27.9 Å². The number of anilines is 2. The summed E-state index contributed by atoms with van der Waals surface area (Å²) < 4.78 is 2.51. The third-order valence-corrected chi connectivity index (χ3v) is 13.1. The summed E-state index contributed by atoms with van der Waals surface area (Å²) in [5, 5.41) is 5.03. The van der Waals surface area contributed by atoms with E-state index in [0.717, 1.165) is 23.5 Å². The second-order valence-corrected chi connectivity index (χ2v) is 16.2. The van der Waals surface area contributed by atoms with Crippen molar-refractivity contribution in [3.05, 3.63) is 234 Å². The Morgan fingerprint density at radius 1 is 0.583 bits per heavy atom. The van der Waals surface area contributed by atoms with Crippen LogP contribution >= 0.6 is 0 Å². The molecule has 1 aromatic heterocycles. The SMILES string of the molecule is C=C/C(=C\C=C/C)N(c1ccc(CCCC)cc1)c1ccc2c(c1)C1(c3ccccc3-c3ccccc31)c1cc(-n3c4ccccc4c4ccccc43)c3ccccc3c1-2. The maximum absolute atomic E-state index is 4.34. The van der Waals surface area contributed by atoms with Crippen molar-refractivity contribution in [2.75, 3.05) is 4.90 Å². The summed E-state index contributed by atoms with van der Waals surface area (Å²) >= 11 is 0.